The number of hydrogen-bond acceptors (Lipinski definition) is 4. The first-order valence-electron chi connectivity index (χ1n) is 8.77. The predicted octanol–water partition coefficient (Wildman–Crippen LogP) is 3.96. The van der Waals surface area contributed by atoms with Gasteiger partial charge >= 0.3 is 0 Å². The number of pyridine rings is 1. The van der Waals surface area contributed by atoms with E-state index in [1.807, 2.05) is 24.1 Å². The molecular formula is C19H26Cl3N3O2. The molecule has 1 aromatic heterocycles. The van der Waals surface area contributed by atoms with E-state index in [9.17, 15) is 4.79 Å². The number of nitrogens with zero attached hydrogens (tertiary/aromatic N) is 2. The highest BCUT2D eigenvalue weighted by atomic mass is 35.5. The van der Waals surface area contributed by atoms with Crippen LogP contribution in [-0.4, -0.2) is 49.1 Å². The van der Waals surface area contributed by atoms with Crippen LogP contribution < -0.4 is 10.1 Å². The summed E-state index contributed by atoms with van der Waals surface area (Å²) in [4.78, 5) is 18.7. The average Bonchev–Trinajstić information content (AvgIpc) is 2.66. The van der Waals surface area contributed by atoms with Gasteiger partial charge in [0.2, 0.25) is 0 Å². The molecule has 0 bridgehead atoms. The average molecular weight is 435 g/mol. The molecule has 0 aliphatic carbocycles. The Labute approximate surface area is 177 Å². The molecule has 150 valence electrons. The minimum absolute atomic E-state index is 0. The van der Waals surface area contributed by atoms with Gasteiger partial charge in [0.1, 0.15) is 11.3 Å². The van der Waals surface area contributed by atoms with Crippen LogP contribution in [0, 0.1) is 5.92 Å². The number of benzene rings is 1. The van der Waals surface area contributed by atoms with E-state index in [1.165, 1.54) is 6.42 Å². The molecule has 2 heterocycles. The van der Waals surface area contributed by atoms with Crippen LogP contribution in [0.3, 0.4) is 0 Å². The Hall–Kier alpha value is -1.27. The molecule has 0 spiro atoms. The smallest absolute Gasteiger partial charge is 0.260 e. The maximum Gasteiger partial charge on any atom is 0.260 e. The minimum Gasteiger partial charge on any atom is -0.481 e. The van der Waals surface area contributed by atoms with E-state index in [-0.39, 0.29) is 37.3 Å². The van der Waals surface area contributed by atoms with Crippen LogP contribution >= 0.6 is 36.4 Å². The van der Waals surface area contributed by atoms with Crippen molar-refractivity contribution in [1.29, 1.82) is 0 Å². The number of ether oxygens (including phenoxy) is 1. The fourth-order valence-electron chi connectivity index (χ4n) is 3.28. The van der Waals surface area contributed by atoms with Crippen LogP contribution in [0.1, 0.15) is 19.3 Å². The lowest BCUT2D eigenvalue weighted by Crippen LogP contribution is -2.41. The van der Waals surface area contributed by atoms with Crippen LogP contribution in [0.4, 0.5) is 0 Å². The molecule has 8 heteroatoms. The Bertz CT molecular complexity index is 737. The fraction of sp³-hybridized carbons (Fsp3) is 0.474. The molecule has 1 N–H and O–H groups in total. The molecule has 1 aliphatic rings. The zero-order valence-electron chi connectivity index (χ0n) is 15.3. The summed E-state index contributed by atoms with van der Waals surface area (Å²) in [6.07, 6.45) is 5.01. The van der Waals surface area contributed by atoms with Gasteiger partial charge in [0, 0.05) is 24.7 Å². The zero-order valence-corrected chi connectivity index (χ0v) is 17.7. The topological polar surface area (TPSA) is 54.5 Å². The first kappa shape index (κ1) is 23.8. The Morgan fingerprint density at radius 3 is 2.74 bits per heavy atom. The maximum atomic E-state index is 12.4. The monoisotopic (exact) mass is 433 g/mol. The lowest BCUT2D eigenvalue weighted by molar-refractivity contribution is -0.134. The van der Waals surface area contributed by atoms with Gasteiger partial charge < -0.3 is 15.0 Å². The van der Waals surface area contributed by atoms with Crippen LogP contribution in [-0.2, 0) is 4.79 Å². The molecule has 1 saturated heterocycles. The van der Waals surface area contributed by atoms with Gasteiger partial charge in [0.25, 0.3) is 5.91 Å². The molecule has 3 rings (SSSR count). The highest BCUT2D eigenvalue weighted by Crippen LogP contribution is 2.29. The predicted molar refractivity (Wildman–Crippen MR) is 115 cm³/mol. The van der Waals surface area contributed by atoms with E-state index in [1.54, 1.807) is 18.3 Å². The third-order valence-electron chi connectivity index (χ3n) is 4.80. The number of carbonyl (C=O) groups is 1. The Morgan fingerprint density at radius 1 is 1.30 bits per heavy atom. The number of carbonyl (C=O) groups excluding carboxylic acids is 1. The van der Waals surface area contributed by atoms with E-state index in [2.05, 4.69) is 10.3 Å². The molecule has 0 atom stereocenters. The summed E-state index contributed by atoms with van der Waals surface area (Å²) in [7, 11) is 1.98. The summed E-state index contributed by atoms with van der Waals surface area (Å²) in [5, 5.41) is 4.65. The van der Waals surface area contributed by atoms with Crippen molar-refractivity contribution >= 4 is 53.2 Å². The van der Waals surface area contributed by atoms with Crippen molar-refractivity contribution in [3.63, 3.8) is 0 Å². The lowest BCUT2D eigenvalue weighted by Gasteiger charge is -2.32. The number of likely N-dealkylation sites (tertiary alicyclic amines) is 1. The first-order chi connectivity index (χ1) is 12.2. The van der Waals surface area contributed by atoms with Gasteiger partial charge in [-0.1, -0.05) is 11.6 Å². The summed E-state index contributed by atoms with van der Waals surface area (Å²) in [6.45, 7) is 2.71. The molecule has 1 amide bonds. The van der Waals surface area contributed by atoms with Crippen molar-refractivity contribution in [2.24, 2.45) is 5.92 Å². The number of hydrogen-bond donors (Lipinski definition) is 1. The van der Waals surface area contributed by atoms with Gasteiger partial charge in [-0.15, -0.1) is 24.8 Å². The molecular weight excluding hydrogens is 409 g/mol. The van der Waals surface area contributed by atoms with Gasteiger partial charge in [0.15, 0.2) is 6.61 Å². The Balaban J connectivity index is 0.00000182. The van der Waals surface area contributed by atoms with Gasteiger partial charge in [0.05, 0.1) is 5.02 Å². The number of rotatable bonds is 6. The number of fused-ring (bicyclic) bond motifs is 1. The van der Waals surface area contributed by atoms with E-state index >= 15 is 0 Å². The number of piperidine rings is 1. The van der Waals surface area contributed by atoms with E-state index in [0.29, 0.717) is 22.2 Å². The normalized spacial score (nSPS) is 14.4. The highest BCUT2D eigenvalue weighted by molar-refractivity contribution is 6.35. The van der Waals surface area contributed by atoms with Gasteiger partial charge in [-0.25, -0.2) is 0 Å². The Morgan fingerprint density at radius 2 is 2.04 bits per heavy atom. The van der Waals surface area contributed by atoms with Crippen LogP contribution in [0.2, 0.25) is 5.02 Å². The third-order valence-corrected chi connectivity index (χ3v) is 5.13. The van der Waals surface area contributed by atoms with Crippen molar-refractivity contribution in [3.05, 3.63) is 35.5 Å². The van der Waals surface area contributed by atoms with Crippen LogP contribution in [0.15, 0.2) is 30.5 Å². The standard InChI is InChI=1S/C19H24ClN3O2.2ClH/c1-21-10-6-14-7-11-23(12-8-14)18(24)13-25-17-5-4-16(20)15-3-2-9-22-19(15)17;;/h2-5,9,14,21H,6-8,10-13H2,1H3;2*1H. The van der Waals surface area contributed by atoms with Crippen molar-refractivity contribution in [1.82, 2.24) is 15.2 Å². The van der Waals surface area contributed by atoms with Gasteiger partial charge in [-0.2, -0.15) is 0 Å². The Kier molecular flexibility index (Phi) is 10.2. The molecule has 2 aromatic rings. The van der Waals surface area contributed by atoms with Crippen molar-refractivity contribution < 1.29 is 9.53 Å². The number of aromatic nitrogens is 1. The molecule has 5 nitrogen and oxygen atoms in total. The van der Waals surface area contributed by atoms with Gasteiger partial charge in [-0.05, 0) is 63.0 Å². The first-order valence-corrected chi connectivity index (χ1v) is 9.15. The molecule has 1 fully saturated rings. The molecule has 0 saturated carbocycles. The molecule has 1 aromatic carbocycles. The second kappa shape index (κ2) is 11.5. The minimum atomic E-state index is 0. The zero-order chi connectivity index (χ0) is 17.6. The lowest BCUT2D eigenvalue weighted by atomic mass is 9.93. The van der Waals surface area contributed by atoms with Gasteiger partial charge in [-0.3, -0.25) is 9.78 Å². The number of amides is 1. The van der Waals surface area contributed by atoms with E-state index in [4.69, 9.17) is 16.3 Å². The van der Waals surface area contributed by atoms with Crippen molar-refractivity contribution in [2.45, 2.75) is 19.3 Å². The third kappa shape index (κ3) is 6.11. The number of halogens is 3. The largest absolute Gasteiger partial charge is 0.481 e. The second-order valence-corrected chi connectivity index (χ2v) is 6.86. The molecule has 1 aliphatic heterocycles. The second-order valence-electron chi connectivity index (χ2n) is 6.45. The molecule has 0 unspecified atom stereocenters. The quantitative estimate of drug-likeness (QED) is 0.748. The fourth-order valence-corrected chi connectivity index (χ4v) is 3.49. The van der Waals surface area contributed by atoms with Crippen LogP contribution in [0.25, 0.3) is 10.9 Å². The maximum absolute atomic E-state index is 12.4. The summed E-state index contributed by atoms with van der Waals surface area (Å²) in [5.74, 6) is 1.34. The van der Waals surface area contributed by atoms with E-state index < -0.39 is 0 Å². The SMILES string of the molecule is CNCCC1CCN(C(=O)COc2ccc(Cl)c3cccnc23)CC1.Cl.Cl. The molecule has 0 radical (unpaired) electrons. The van der Waals surface area contributed by atoms with Crippen molar-refractivity contribution in [3.8, 4) is 5.75 Å². The number of nitrogens with one attached hydrogen (secondary N) is 1. The van der Waals surface area contributed by atoms with Crippen molar-refractivity contribution in [2.75, 3.05) is 33.3 Å². The summed E-state index contributed by atoms with van der Waals surface area (Å²) < 4.78 is 5.76. The highest BCUT2D eigenvalue weighted by Gasteiger charge is 2.23. The summed E-state index contributed by atoms with van der Waals surface area (Å²) in [6, 6.07) is 7.28. The summed E-state index contributed by atoms with van der Waals surface area (Å²) >= 11 is 6.19. The molecule has 27 heavy (non-hydrogen) atoms. The summed E-state index contributed by atoms with van der Waals surface area (Å²) in [5.41, 5.74) is 0.688. The van der Waals surface area contributed by atoms with E-state index in [0.717, 1.165) is 37.9 Å². The van der Waals surface area contributed by atoms with Crippen LogP contribution in [0.5, 0.6) is 5.75 Å².